The van der Waals surface area contributed by atoms with Gasteiger partial charge in [0.2, 0.25) is 0 Å². The molecule has 0 saturated carbocycles. The third-order valence-corrected chi connectivity index (χ3v) is 4.69. The van der Waals surface area contributed by atoms with Gasteiger partial charge in [-0.25, -0.2) is 15.0 Å². The van der Waals surface area contributed by atoms with Gasteiger partial charge in [-0.15, -0.1) is 0 Å². The van der Waals surface area contributed by atoms with E-state index >= 15 is 0 Å². The smallest absolute Gasteiger partial charge is 0.159 e. The van der Waals surface area contributed by atoms with Crippen LogP contribution in [0.15, 0.2) is 55.1 Å². The van der Waals surface area contributed by atoms with Crippen molar-refractivity contribution in [1.29, 1.82) is 0 Å². The monoisotopic (exact) mass is 334 g/mol. The van der Waals surface area contributed by atoms with Gasteiger partial charge in [-0.2, -0.15) is 0 Å². The molecular formula is C20H22N4O. The Balaban J connectivity index is 1.48. The Morgan fingerprint density at radius 1 is 1.04 bits per heavy atom. The number of aryl methyl sites for hydroxylation is 1. The molecule has 1 fully saturated rings. The molecule has 4 rings (SSSR count). The van der Waals surface area contributed by atoms with Crippen molar-refractivity contribution in [2.24, 2.45) is 5.92 Å². The predicted molar refractivity (Wildman–Crippen MR) is 96.8 cm³/mol. The summed E-state index contributed by atoms with van der Waals surface area (Å²) in [5, 5.41) is 0. The van der Waals surface area contributed by atoms with Gasteiger partial charge in [0.1, 0.15) is 5.82 Å². The fourth-order valence-corrected chi connectivity index (χ4v) is 3.29. The molecule has 1 saturated heterocycles. The first kappa shape index (κ1) is 16.0. The van der Waals surface area contributed by atoms with Crippen LogP contribution in [-0.4, -0.2) is 32.7 Å². The SMILES string of the molecule is c1ccc(-c2ncc(-c3nccn3CCC3CCCOC3)cn2)cc1. The van der Waals surface area contributed by atoms with E-state index in [0.717, 1.165) is 49.0 Å². The van der Waals surface area contributed by atoms with E-state index in [4.69, 9.17) is 4.74 Å². The Hall–Kier alpha value is -2.53. The molecule has 0 amide bonds. The second-order valence-corrected chi connectivity index (χ2v) is 6.48. The van der Waals surface area contributed by atoms with Gasteiger partial charge in [-0.1, -0.05) is 30.3 Å². The molecule has 5 nitrogen and oxygen atoms in total. The van der Waals surface area contributed by atoms with Gasteiger partial charge in [0.15, 0.2) is 5.82 Å². The van der Waals surface area contributed by atoms with Crippen LogP contribution in [0.5, 0.6) is 0 Å². The zero-order valence-electron chi connectivity index (χ0n) is 14.2. The molecule has 3 aromatic rings. The van der Waals surface area contributed by atoms with Gasteiger partial charge >= 0.3 is 0 Å². The van der Waals surface area contributed by atoms with Crippen LogP contribution in [0.2, 0.25) is 0 Å². The van der Waals surface area contributed by atoms with Crippen LogP contribution < -0.4 is 0 Å². The van der Waals surface area contributed by atoms with Crippen LogP contribution >= 0.6 is 0 Å². The van der Waals surface area contributed by atoms with Crippen LogP contribution in [0.1, 0.15) is 19.3 Å². The number of hydrogen-bond donors (Lipinski definition) is 0. The molecule has 0 N–H and O–H groups in total. The molecule has 0 bridgehead atoms. The number of aromatic nitrogens is 4. The molecule has 1 unspecified atom stereocenters. The average molecular weight is 334 g/mol. The summed E-state index contributed by atoms with van der Waals surface area (Å²) in [5.74, 6) is 2.32. The minimum atomic E-state index is 0.653. The van der Waals surface area contributed by atoms with E-state index in [1.54, 1.807) is 0 Å². The average Bonchev–Trinajstić information content (AvgIpc) is 3.17. The predicted octanol–water partition coefficient (Wildman–Crippen LogP) is 3.82. The van der Waals surface area contributed by atoms with Crippen molar-refractivity contribution in [3.8, 4) is 22.8 Å². The first-order valence-corrected chi connectivity index (χ1v) is 8.87. The highest BCUT2D eigenvalue weighted by Gasteiger charge is 2.15. The highest BCUT2D eigenvalue weighted by Crippen LogP contribution is 2.22. The quantitative estimate of drug-likeness (QED) is 0.712. The van der Waals surface area contributed by atoms with Crippen LogP contribution in [-0.2, 0) is 11.3 Å². The van der Waals surface area contributed by atoms with E-state index in [2.05, 4.69) is 19.5 Å². The molecular weight excluding hydrogens is 312 g/mol. The topological polar surface area (TPSA) is 52.8 Å². The summed E-state index contributed by atoms with van der Waals surface area (Å²) in [6.07, 6.45) is 11.2. The summed E-state index contributed by atoms with van der Waals surface area (Å²) in [5.41, 5.74) is 1.97. The summed E-state index contributed by atoms with van der Waals surface area (Å²) < 4.78 is 7.77. The van der Waals surface area contributed by atoms with Crippen LogP contribution in [0.3, 0.4) is 0 Å². The standard InChI is InChI=1S/C20H22N4O/c1-2-6-17(7-3-1)19-22-13-18(14-23-19)20-21-9-11-24(20)10-8-16-5-4-12-25-15-16/h1-3,6-7,9,11,13-14,16H,4-5,8,10,12,15H2. The Labute approximate surface area is 147 Å². The van der Waals surface area contributed by atoms with E-state index in [0.29, 0.717) is 5.92 Å². The van der Waals surface area contributed by atoms with Gasteiger partial charge < -0.3 is 9.30 Å². The number of imidazole rings is 1. The highest BCUT2D eigenvalue weighted by atomic mass is 16.5. The summed E-state index contributed by atoms with van der Waals surface area (Å²) in [6, 6.07) is 10.0. The normalized spacial score (nSPS) is 17.5. The van der Waals surface area contributed by atoms with E-state index in [1.807, 2.05) is 55.1 Å². The fourth-order valence-electron chi connectivity index (χ4n) is 3.29. The molecule has 3 heterocycles. The Bertz CT molecular complexity index is 792. The van der Waals surface area contributed by atoms with Gasteiger partial charge in [0.05, 0.1) is 5.56 Å². The first-order valence-electron chi connectivity index (χ1n) is 8.87. The van der Waals surface area contributed by atoms with Crippen LogP contribution in [0, 0.1) is 5.92 Å². The minimum absolute atomic E-state index is 0.653. The van der Waals surface area contributed by atoms with Crippen molar-refractivity contribution < 1.29 is 4.74 Å². The molecule has 2 aromatic heterocycles. The molecule has 0 radical (unpaired) electrons. The Morgan fingerprint density at radius 2 is 1.88 bits per heavy atom. The van der Waals surface area contributed by atoms with Crippen molar-refractivity contribution >= 4 is 0 Å². The number of benzene rings is 1. The molecule has 0 spiro atoms. The maximum atomic E-state index is 5.58. The number of hydrogen-bond acceptors (Lipinski definition) is 4. The van der Waals surface area contributed by atoms with E-state index < -0.39 is 0 Å². The van der Waals surface area contributed by atoms with Crippen molar-refractivity contribution in [1.82, 2.24) is 19.5 Å². The van der Waals surface area contributed by atoms with Crippen molar-refractivity contribution in [3.63, 3.8) is 0 Å². The summed E-state index contributed by atoms with van der Waals surface area (Å²) in [6.45, 7) is 2.75. The van der Waals surface area contributed by atoms with Gasteiger partial charge in [-0.05, 0) is 25.2 Å². The molecule has 1 atom stereocenters. The number of ether oxygens (including phenoxy) is 1. The van der Waals surface area contributed by atoms with Crippen LogP contribution in [0.25, 0.3) is 22.8 Å². The van der Waals surface area contributed by atoms with Crippen molar-refractivity contribution in [2.75, 3.05) is 13.2 Å². The summed E-state index contributed by atoms with van der Waals surface area (Å²) in [4.78, 5) is 13.5. The fraction of sp³-hybridized carbons (Fsp3) is 0.350. The second-order valence-electron chi connectivity index (χ2n) is 6.48. The van der Waals surface area contributed by atoms with Crippen molar-refractivity contribution in [3.05, 3.63) is 55.1 Å². The van der Waals surface area contributed by atoms with Gasteiger partial charge in [0.25, 0.3) is 0 Å². The van der Waals surface area contributed by atoms with E-state index in [1.165, 1.54) is 12.8 Å². The second kappa shape index (κ2) is 7.57. The molecule has 5 heteroatoms. The lowest BCUT2D eigenvalue weighted by Gasteiger charge is -2.22. The molecule has 1 aromatic carbocycles. The molecule has 1 aliphatic heterocycles. The third-order valence-electron chi connectivity index (χ3n) is 4.69. The van der Waals surface area contributed by atoms with Crippen LogP contribution in [0.4, 0.5) is 0 Å². The lowest BCUT2D eigenvalue weighted by Crippen LogP contribution is -2.19. The number of nitrogens with zero attached hydrogens (tertiary/aromatic N) is 4. The Morgan fingerprint density at radius 3 is 2.64 bits per heavy atom. The summed E-state index contributed by atoms with van der Waals surface area (Å²) >= 11 is 0. The molecule has 1 aliphatic rings. The minimum Gasteiger partial charge on any atom is -0.381 e. The zero-order valence-corrected chi connectivity index (χ0v) is 14.2. The lowest BCUT2D eigenvalue weighted by atomic mass is 9.99. The van der Waals surface area contributed by atoms with Gasteiger partial charge in [0, 0.05) is 50.1 Å². The third kappa shape index (κ3) is 3.77. The first-order chi connectivity index (χ1) is 12.4. The maximum absolute atomic E-state index is 5.58. The Kier molecular flexibility index (Phi) is 4.84. The van der Waals surface area contributed by atoms with Crippen molar-refractivity contribution in [2.45, 2.75) is 25.8 Å². The van der Waals surface area contributed by atoms with E-state index in [9.17, 15) is 0 Å². The van der Waals surface area contributed by atoms with E-state index in [-0.39, 0.29) is 0 Å². The molecule has 128 valence electrons. The zero-order chi connectivity index (χ0) is 16.9. The number of rotatable bonds is 5. The molecule has 25 heavy (non-hydrogen) atoms. The largest absolute Gasteiger partial charge is 0.381 e. The van der Waals surface area contributed by atoms with Gasteiger partial charge in [-0.3, -0.25) is 0 Å². The summed E-state index contributed by atoms with van der Waals surface area (Å²) in [7, 11) is 0. The lowest BCUT2D eigenvalue weighted by molar-refractivity contribution is 0.0501. The maximum Gasteiger partial charge on any atom is 0.159 e. The molecule has 0 aliphatic carbocycles. The highest BCUT2D eigenvalue weighted by molar-refractivity contribution is 5.58.